The molecule has 2 aromatic heterocycles. The van der Waals surface area contributed by atoms with Crippen molar-refractivity contribution >= 4 is 11.6 Å². The number of hydrogen-bond donors (Lipinski definition) is 1. The van der Waals surface area contributed by atoms with Crippen molar-refractivity contribution in [3.63, 3.8) is 0 Å². The van der Waals surface area contributed by atoms with E-state index in [4.69, 9.17) is 24.9 Å². The summed E-state index contributed by atoms with van der Waals surface area (Å²) < 4.78 is 17.4. The number of nitrogens with two attached hydrogens (primary N) is 1. The molecule has 1 spiro atoms. The molecule has 1 atom stereocenters. The van der Waals surface area contributed by atoms with Crippen molar-refractivity contribution in [1.29, 1.82) is 0 Å². The van der Waals surface area contributed by atoms with Crippen molar-refractivity contribution in [2.24, 2.45) is 10.7 Å². The Hall–Kier alpha value is -4.15. The molecule has 1 aromatic carbocycles. The van der Waals surface area contributed by atoms with E-state index in [2.05, 4.69) is 40.0 Å². The maximum Gasteiger partial charge on any atom is 0.283 e. The van der Waals surface area contributed by atoms with E-state index < -0.39 is 5.54 Å². The third-order valence-electron chi connectivity index (χ3n) is 6.33. The van der Waals surface area contributed by atoms with Gasteiger partial charge in [0.2, 0.25) is 5.88 Å². The molecular weight excluding hydrogens is 428 g/mol. The molecule has 6 rings (SSSR count). The highest BCUT2D eigenvalue weighted by Crippen LogP contribution is 2.51. The predicted molar refractivity (Wildman–Crippen MR) is 128 cm³/mol. The number of pyridine rings is 2. The summed E-state index contributed by atoms with van der Waals surface area (Å²) >= 11 is 0. The molecule has 0 saturated heterocycles. The average Bonchev–Trinajstić information content (AvgIpc) is 3.27. The Morgan fingerprint density at radius 1 is 1.03 bits per heavy atom. The number of aromatic nitrogens is 2. The zero-order valence-electron chi connectivity index (χ0n) is 18.7. The van der Waals surface area contributed by atoms with E-state index >= 15 is 0 Å². The lowest BCUT2D eigenvalue weighted by Gasteiger charge is -2.33. The molecule has 0 radical (unpaired) electrons. The number of aliphatic imine (C=N–C) groups is 1. The van der Waals surface area contributed by atoms with E-state index in [1.165, 1.54) is 5.57 Å². The van der Waals surface area contributed by atoms with Crippen LogP contribution < -0.4 is 10.5 Å². The van der Waals surface area contributed by atoms with Crippen molar-refractivity contribution in [3.05, 3.63) is 77.3 Å². The Morgan fingerprint density at radius 3 is 2.74 bits per heavy atom. The first kappa shape index (κ1) is 20.5. The Bertz CT molecular complexity index is 1430. The van der Waals surface area contributed by atoms with Crippen molar-refractivity contribution in [1.82, 2.24) is 9.97 Å². The number of rotatable bonds is 2. The van der Waals surface area contributed by atoms with Crippen LogP contribution in [0.3, 0.4) is 0 Å². The molecule has 34 heavy (non-hydrogen) atoms. The largest absolute Gasteiger partial charge is 0.462 e. The van der Waals surface area contributed by atoms with Crippen LogP contribution in [0.5, 0.6) is 11.6 Å². The number of ether oxygens (including phenoxy) is 3. The Labute approximate surface area is 197 Å². The number of benzene rings is 1. The van der Waals surface area contributed by atoms with Crippen LogP contribution in [0.2, 0.25) is 0 Å². The van der Waals surface area contributed by atoms with E-state index in [0.29, 0.717) is 24.8 Å². The number of nitrogens with zero attached hydrogens (tertiary/aromatic N) is 3. The Kier molecular flexibility index (Phi) is 4.82. The first-order valence-corrected chi connectivity index (χ1v) is 11.1. The molecule has 0 unspecified atom stereocenters. The maximum atomic E-state index is 6.24. The standard InChI is InChI=1S/C27H22N4O3/c1-2-3-17-10-20(14-29-13-17)19-4-5-24-22(11-19)27(16-33-26(28)31-27)23-12-21(15-30-25(23)34-24)18-6-8-32-9-7-18/h4-6,10-15H,7-9,16H2,1H3,(H2,28,31)/t27-/m0/s1. The Balaban J connectivity index is 1.51. The van der Waals surface area contributed by atoms with Crippen LogP contribution in [0.25, 0.3) is 16.7 Å². The van der Waals surface area contributed by atoms with Crippen LogP contribution in [0.15, 0.2) is 60.0 Å². The van der Waals surface area contributed by atoms with Gasteiger partial charge in [0.15, 0.2) is 5.54 Å². The fourth-order valence-corrected chi connectivity index (χ4v) is 4.68. The minimum atomic E-state index is -0.841. The van der Waals surface area contributed by atoms with E-state index in [1.54, 1.807) is 6.20 Å². The molecule has 0 aliphatic carbocycles. The monoisotopic (exact) mass is 450 g/mol. The smallest absolute Gasteiger partial charge is 0.283 e. The summed E-state index contributed by atoms with van der Waals surface area (Å²) in [7, 11) is 0. The van der Waals surface area contributed by atoms with Gasteiger partial charge in [-0.15, -0.1) is 5.92 Å². The van der Waals surface area contributed by atoms with E-state index in [0.717, 1.165) is 39.8 Å². The molecule has 3 aliphatic heterocycles. The van der Waals surface area contributed by atoms with Gasteiger partial charge in [0.25, 0.3) is 6.02 Å². The highest BCUT2D eigenvalue weighted by Gasteiger charge is 2.48. The molecule has 7 heteroatoms. The van der Waals surface area contributed by atoms with Gasteiger partial charge in [0.05, 0.1) is 18.8 Å². The van der Waals surface area contributed by atoms with Gasteiger partial charge in [-0.3, -0.25) is 4.98 Å². The normalized spacial score (nSPS) is 20.1. The SMILES string of the molecule is CC#Cc1cncc(-c2ccc3c(c2)[C@@]2(COC(N)=N2)c2cc(C4=CCOCC4)cnc2O3)c1. The highest BCUT2D eigenvalue weighted by atomic mass is 16.5. The van der Waals surface area contributed by atoms with E-state index in [-0.39, 0.29) is 12.6 Å². The van der Waals surface area contributed by atoms with Gasteiger partial charge in [-0.1, -0.05) is 18.1 Å². The van der Waals surface area contributed by atoms with Crippen molar-refractivity contribution < 1.29 is 14.2 Å². The second-order valence-corrected chi connectivity index (χ2v) is 8.38. The number of amidine groups is 1. The fraction of sp³-hybridized carbons (Fsp3) is 0.222. The summed E-state index contributed by atoms with van der Waals surface area (Å²) in [6, 6.07) is 10.3. The lowest BCUT2D eigenvalue weighted by molar-refractivity contribution is 0.161. The lowest BCUT2D eigenvalue weighted by Crippen LogP contribution is -2.31. The summed E-state index contributed by atoms with van der Waals surface area (Å²) in [6.45, 7) is 3.38. The van der Waals surface area contributed by atoms with Gasteiger partial charge in [-0.05, 0) is 54.3 Å². The molecule has 5 heterocycles. The first-order valence-electron chi connectivity index (χ1n) is 11.1. The van der Waals surface area contributed by atoms with Crippen LogP contribution in [0, 0.1) is 11.8 Å². The first-order chi connectivity index (χ1) is 16.7. The van der Waals surface area contributed by atoms with Gasteiger partial charge in [0.1, 0.15) is 12.4 Å². The van der Waals surface area contributed by atoms with Crippen molar-refractivity contribution in [2.75, 3.05) is 19.8 Å². The summed E-state index contributed by atoms with van der Waals surface area (Å²) in [5.41, 5.74) is 12.0. The second kappa shape index (κ2) is 8.01. The maximum absolute atomic E-state index is 6.24. The van der Waals surface area contributed by atoms with Gasteiger partial charge in [0, 0.05) is 35.3 Å². The minimum Gasteiger partial charge on any atom is -0.462 e. The summed E-state index contributed by atoms with van der Waals surface area (Å²) in [6.07, 6.45) is 8.36. The quantitative estimate of drug-likeness (QED) is 0.593. The number of hydrogen-bond acceptors (Lipinski definition) is 7. The zero-order chi connectivity index (χ0) is 23.1. The molecule has 168 valence electrons. The fourth-order valence-electron chi connectivity index (χ4n) is 4.68. The van der Waals surface area contributed by atoms with Crippen LogP contribution in [0.1, 0.15) is 35.6 Å². The van der Waals surface area contributed by atoms with Gasteiger partial charge in [-0.2, -0.15) is 0 Å². The summed E-state index contributed by atoms with van der Waals surface area (Å²) in [5.74, 6) is 7.19. The average molecular weight is 450 g/mol. The molecular formula is C27H22N4O3. The highest BCUT2D eigenvalue weighted by molar-refractivity contribution is 5.78. The third kappa shape index (κ3) is 3.31. The molecule has 0 amide bonds. The Morgan fingerprint density at radius 2 is 1.94 bits per heavy atom. The third-order valence-corrected chi connectivity index (χ3v) is 6.33. The van der Waals surface area contributed by atoms with Crippen molar-refractivity contribution in [3.8, 4) is 34.6 Å². The van der Waals surface area contributed by atoms with Crippen molar-refractivity contribution in [2.45, 2.75) is 18.9 Å². The van der Waals surface area contributed by atoms with Gasteiger partial charge >= 0.3 is 0 Å². The van der Waals surface area contributed by atoms with Crippen LogP contribution >= 0.6 is 0 Å². The molecule has 0 bridgehead atoms. The topological polar surface area (TPSA) is 91.9 Å². The molecule has 7 nitrogen and oxygen atoms in total. The molecule has 3 aliphatic rings. The van der Waals surface area contributed by atoms with E-state index in [1.807, 2.05) is 37.5 Å². The van der Waals surface area contributed by atoms with Crippen LogP contribution in [-0.2, 0) is 15.0 Å². The number of fused-ring (bicyclic) bond motifs is 4. The second-order valence-electron chi connectivity index (χ2n) is 8.38. The molecule has 2 N–H and O–H groups in total. The summed E-state index contributed by atoms with van der Waals surface area (Å²) in [5, 5.41) is 0. The molecule has 0 saturated carbocycles. The lowest BCUT2D eigenvalue weighted by atomic mass is 9.80. The van der Waals surface area contributed by atoms with Gasteiger partial charge < -0.3 is 19.9 Å². The van der Waals surface area contributed by atoms with Gasteiger partial charge in [-0.25, -0.2) is 9.98 Å². The summed E-state index contributed by atoms with van der Waals surface area (Å²) in [4.78, 5) is 13.8. The minimum absolute atomic E-state index is 0.154. The van der Waals surface area contributed by atoms with E-state index in [9.17, 15) is 0 Å². The molecule has 0 fully saturated rings. The molecule has 3 aromatic rings. The zero-order valence-corrected chi connectivity index (χ0v) is 18.7. The van der Waals surface area contributed by atoms with Crippen LogP contribution in [-0.4, -0.2) is 35.8 Å². The van der Waals surface area contributed by atoms with Crippen LogP contribution in [0.4, 0.5) is 0 Å². The predicted octanol–water partition coefficient (Wildman–Crippen LogP) is 4.01.